The molecular weight excluding hydrogens is 405 g/mol. The fourth-order valence-corrected chi connectivity index (χ4v) is 3.66. The summed E-state index contributed by atoms with van der Waals surface area (Å²) >= 11 is 0. The predicted octanol–water partition coefficient (Wildman–Crippen LogP) is 3.33. The van der Waals surface area contributed by atoms with Crippen molar-refractivity contribution in [1.29, 1.82) is 0 Å². The van der Waals surface area contributed by atoms with E-state index in [9.17, 15) is 26.7 Å². The molecular formula is C16H15F2O7PS. The highest BCUT2D eigenvalue weighted by atomic mass is 32.2. The van der Waals surface area contributed by atoms with Crippen LogP contribution in [0.1, 0.15) is 18.4 Å². The number of rotatable bonds is 9. The molecule has 27 heavy (non-hydrogen) atoms. The highest BCUT2D eigenvalue weighted by Crippen LogP contribution is 2.26. The maximum atomic E-state index is 13.9. The summed E-state index contributed by atoms with van der Waals surface area (Å²) < 4.78 is 78.2. The van der Waals surface area contributed by atoms with E-state index in [-0.39, 0.29) is 30.6 Å². The van der Waals surface area contributed by atoms with Crippen LogP contribution in [-0.2, 0) is 25.6 Å². The summed E-state index contributed by atoms with van der Waals surface area (Å²) in [6.45, 7) is 0. The molecule has 11 heteroatoms. The van der Waals surface area contributed by atoms with Gasteiger partial charge in [0.15, 0.2) is 0 Å². The molecule has 2 aromatic rings. The largest absolute Gasteiger partial charge is 0.566 e. The molecule has 2 aromatic carbocycles. The molecule has 2 atom stereocenters. The highest BCUT2D eigenvalue weighted by Gasteiger charge is 2.29. The first-order valence-electron chi connectivity index (χ1n) is 7.64. The number of halogens is 2. The number of aryl methyl sites for hydroxylation is 1. The van der Waals surface area contributed by atoms with Crippen molar-refractivity contribution in [2.75, 3.05) is 0 Å². The molecule has 2 unspecified atom stereocenters. The Kier molecular flexibility index (Phi) is 7.34. The smallest absolute Gasteiger partial charge is 0.489 e. The molecule has 0 saturated heterocycles. The van der Waals surface area contributed by atoms with Gasteiger partial charge >= 0.3 is 8.25 Å². The maximum Gasteiger partial charge on any atom is 0.489 e. The lowest BCUT2D eigenvalue weighted by atomic mass is 10.1. The molecule has 0 saturated carbocycles. The van der Waals surface area contributed by atoms with Crippen LogP contribution in [0.3, 0.4) is 0 Å². The molecule has 0 aromatic heterocycles. The van der Waals surface area contributed by atoms with Crippen LogP contribution >= 0.6 is 8.25 Å². The molecule has 0 aliphatic heterocycles. The van der Waals surface area contributed by atoms with E-state index in [0.717, 1.165) is 6.07 Å². The minimum Gasteiger partial charge on any atom is -0.566 e. The Bertz CT molecular complexity index is 903. The van der Waals surface area contributed by atoms with Crippen molar-refractivity contribution in [2.45, 2.75) is 24.7 Å². The Morgan fingerprint density at radius 2 is 1.74 bits per heavy atom. The first kappa shape index (κ1) is 21.3. The van der Waals surface area contributed by atoms with E-state index in [1.807, 2.05) is 0 Å². The second-order valence-corrected chi connectivity index (χ2v) is 7.69. The summed E-state index contributed by atoms with van der Waals surface area (Å²) in [7, 11) is -8.21. The van der Waals surface area contributed by atoms with Crippen LogP contribution in [0, 0.1) is 11.6 Å². The van der Waals surface area contributed by atoms with Crippen molar-refractivity contribution in [3.05, 3.63) is 59.7 Å². The van der Waals surface area contributed by atoms with Gasteiger partial charge in [0.25, 0.3) is 10.1 Å². The number of hydrogen-bond donors (Lipinski definition) is 1. The molecule has 7 nitrogen and oxygen atoms in total. The normalized spacial score (nSPS) is 13.3. The minimum absolute atomic E-state index is 0.0184. The zero-order valence-electron chi connectivity index (χ0n) is 13.7. The van der Waals surface area contributed by atoms with Gasteiger partial charge in [-0.05, 0) is 71.9 Å². The fourth-order valence-electron chi connectivity index (χ4n) is 2.26. The van der Waals surface area contributed by atoms with E-state index in [0.29, 0.717) is 5.75 Å². The average Bonchev–Trinajstić information content (AvgIpc) is 2.57. The van der Waals surface area contributed by atoms with Gasteiger partial charge in [0, 0.05) is 0 Å². The van der Waals surface area contributed by atoms with Gasteiger partial charge in [0.2, 0.25) is 5.44 Å². The Morgan fingerprint density at radius 1 is 1.11 bits per heavy atom. The SMILES string of the molecule is O=[P+]([O-])OC(CCCc1cc(Oc2ccc(F)cc2)ccc1F)S(=O)(=O)O. The molecule has 0 radical (unpaired) electrons. The zero-order chi connectivity index (χ0) is 20.0. The number of hydrogen-bond acceptors (Lipinski definition) is 6. The first-order valence-corrected chi connectivity index (χ1v) is 10.2. The van der Waals surface area contributed by atoms with E-state index in [2.05, 4.69) is 4.52 Å². The van der Waals surface area contributed by atoms with Gasteiger partial charge in [-0.3, -0.25) is 4.55 Å². The Morgan fingerprint density at radius 3 is 2.33 bits per heavy atom. The summed E-state index contributed by atoms with van der Waals surface area (Å²) in [6, 6.07) is 9.11. The lowest BCUT2D eigenvalue weighted by molar-refractivity contribution is -0.187. The number of benzene rings is 2. The van der Waals surface area contributed by atoms with Crippen molar-refractivity contribution in [2.24, 2.45) is 0 Å². The van der Waals surface area contributed by atoms with Crippen molar-refractivity contribution < 1.29 is 40.5 Å². The van der Waals surface area contributed by atoms with Crippen molar-refractivity contribution in [3.63, 3.8) is 0 Å². The molecule has 0 amide bonds. The van der Waals surface area contributed by atoms with Crippen LogP contribution in [0.5, 0.6) is 11.5 Å². The van der Waals surface area contributed by atoms with E-state index in [1.54, 1.807) is 0 Å². The average molecular weight is 420 g/mol. The number of ether oxygens (including phenoxy) is 1. The molecule has 0 aliphatic carbocycles. The fraction of sp³-hybridized carbons (Fsp3) is 0.250. The van der Waals surface area contributed by atoms with Gasteiger partial charge in [0.1, 0.15) is 23.1 Å². The highest BCUT2D eigenvalue weighted by molar-refractivity contribution is 7.86. The van der Waals surface area contributed by atoms with E-state index in [4.69, 9.17) is 9.29 Å². The summed E-state index contributed by atoms with van der Waals surface area (Å²) in [4.78, 5) is 10.5. The predicted molar refractivity (Wildman–Crippen MR) is 89.8 cm³/mol. The van der Waals surface area contributed by atoms with Crippen LogP contribution in [-0.4, -0.2) is 18.4 Å². The van der Waals surface area contributed by atoms with Gasteiger partial charge < -0.3 is 9.63 Å². The van der Waals surface area contributed by atoms with Crippen molar-refractivity contribution in [3.8, 4) is 11.5 Å². The molecule has 2 rings (SSSR count). The molecule has 0 bridgehead atoms. The summed E-state index contributed by atoms with van der Waals surface area (Å²) in [5.74, 6) is -0.380. The summed E-state index contributed by atoms with van der Waals surface area (Å²) in [5, 5.41) is 0. The van der Waals surface area contributed by atoms with Gasteiger partial charge in [-0.15, -0.1) is 4.52 Å². The lowest BCUT2D eigenvalue weighted by Crippen LogP contribution is -2.23. The van der Waals surface area contributed by atoms with Crippen molar-refractivity contribution >= 4 is 18.4 Å². The molecule has 146 valence electrons. The minimum atomic E-state index is -4.73. The zero-order valence-corrected chi connectivity index (χ0v) is 15.5. The Balaban J connectivity index is 2.03. The molecule has 0 fully saturated rings. The van der Waals surface area contributed by atoms with Gasteiger partial charge in [-0.25, -0.2) is 8.78 Å². The van der Waals surface area contributed by atoms with E-state index < -0.39 is 35.4 Å². The van der Waals surface area contributed by atoms with Crippen LogP contribution in [0.4, 0.5) is 8.78 Å². The third kappa shape index (κ3) is 6.93. The van der Waals surface area contributed by atoms with Gasteiger partial charge in [-0.1, -0.05) is 0 Å². The Labute approximate surface area is 155 Å². The summed E-state index contributed by atoms with van der Waals surface area (Å²) in [6.07, 6.45) is -0.299. The monoisotopic (exact) mass is 420 g/mol. The Hall–Kier alpha value is -1.97. The topological polar surface area (TPSA) is 113 Å². The quantitative estimate of drug-likeness (QED) is 0.489. The van der Waals surface area contributed by atoms with Crippen LogP contribution in [0.2, 0.25) is 0 Å². The van der Waals surface area contributed by atoms with Crippen LogP contribution in [0.25, 0.3) is 0 Å². The second-order valence-electron chi connectivity index (χ2n) is 5.47. The van der Waals surface area contributed by atoms with Crippen LogP contribution < -0.4 is 9.63 Å². The maximum absolute atomic E-state index is 13.9. The molecule has 0 spiro atoms. The molecule has 1 N–H and O–H groups in total. The van der Waals surface area contributed by atoms with E-state index >= 15 is 0 Å². The third-order valence-electron chi connectivity index (χ3n) is 3.49. The van der Waals surface area contributed by atoms with Crippen molar-refractivity contribution in [1.82, 2.24) is 0 Å². The molecule has 0 heterocycles. The lowest BCUT2D eigenvalue weighted by Gasteiger charge is -2.11. The van der Waals surface area contributed by atoms with Gasteiger partial charge in [0.05, 0.1) is 0 Å². The standard InChI is InChI=1S/C16H15F2O7PS/c17-12-4-6-13(7-5-12)24-14-8-9-15(18)11(10-14)2-1-3-16(25-26(19)20)27(21,22)23/h4-10,16H,1-3H2,(H,21,22,23). The van der Waals surface area contributed by atoms with E-state index in [1.165, 1.54) is 36.4 Å². The third-order valence-corrected chi connectivity index (χ3v) is 5.05. The second kappa shape index (κ2) is 9.29. The van der Waals surface area contributed by atoms with Gasteiger partial charge in [-0.2, -0.15) is 8.42 Å². The summed E-state index contributed by atoms with van der Waals surface area (Å²) in [5.41, 5.74) is -1.75. The van der Waals surface area contributed by atoms with Crippen LogP contribution in [0.15, 0.2) is 42.5 Å². The molecule has 0 aliphatic rings. The first-order chi connectivity index (χ1) is 12.6.